The number of ether oxygens (including phenoxy) is 1. The van der Waals surface area contributed by atoms with Crippen LogP contribution < -0.4 is 10.1 Å². The second-order valence-corrected chi connectivity index (χ2v) is 9.65. The number of fused-ring (bicyclic) bond motifs is 1. The number of aromatic amines is 1. The van der Waals surface area contributed by atoms with Crippen LogP contribution in [0.5, 0.6) is 5.75 Å². The highest BCUT2D eigenvalue weighted by atomic mass is 35.5. The summed E-state index contributed by atoms with van der Waals surface area (Å²) in [6.07, 6.45) is 3.78. The molecule has 1 aromatic carbocycles. The Hall–Kier alpha value is -3.20. The molecule has 7 nitrogen and oxygen atoms in total. The number of carbonyl (C=O) groups excluding carboxylic acids is 2. The fourth-order valence-electron chi connectivity index (χ4n) is 4.52. The van der Waals surface area contributed by atoms with Gasteiger partial charge in [0.15, 0.2) is 0 Å². The molecule has 0 radical (unpaired) electrons. The van der Waals surface area contributed by atoms with Gasteiger partial charge in [-0.25, -0.2) is 0 Å². The van der Waals surface area contributed by atoms with E-state index in [0.717, 1.165) is 11.3 Å². The number of aromatic nitrogens is 2. The number of hydrogen-bond donors (Lipinski definition) is 2. The smallest absolute Gasteiger partial charge is 0.420 e. The second-order valence-electron chi connectivity index (χ2n) is 9.21. The number of likely N-dealkylation sites (tertiary alicyclic amines) is 1. The van der Waals surface area contributed by atoms with Crippen molar-refractivity contribution >= 4 is 34.7 Å². The van der Waals surface area contributed by atoms with E-state index < -0.39 is 11.0 Å². The van der Waals surface area contributed by atoms with Crippen LogP contribution in [-0.4, -0.2) is 38.5 Å². The summed E-state index contributed by atoms with van der Waals surface area (Å²) in [7, 11) is 0. The first-order valence-electron chi connectivity index (χ1n) is 10.8. The quantitative estimate of drug-likeness (QED) is 0.548. The Balaban J connectivity index is 1.67. The van der Waals surface area contributed by atoms with E-state index >= 15 is 0 Å². The van der Waals surface area contributed by atoms with E-state index in [1.54, 1.807) is 18.3 Å². The van der Waals surface area contributed by atoms with Gasteiger partial charge in [0.05, 0.1) is 11.1 Å². The van der Waals surface area contributed by atoms with E-state index in [1.807, 2.05) is 32.6 Å². The molecule has 1 atom stereocenters. The Labute approximate surface area is 200 Å². The molecule has 1 aliphatic heterocycles. The predicted molar refractivity (Wildman–Crippen MR) is 124 cm³/mol. The molecule has 1 fully saturated rings. The van der Waals surface area contributed by atoms with Crippen LogP contribution in [0.25, 0.3) is 5.57 Å². The lowest BCUT2D eigenvalue weighted by molar-refractivity contribution is -0.135. The van der Waals surface area contributed by atoms with Crippen LogP contribution in [0.3, 0.4) is 0 Å². The van der Waals surface area contributed by atoms with Gasteiger partial charge in [0, 0.05) is 52.3 Å². The molecule has 0 saturated carbocycles. The summed E-state index contributed by atoms with van der Waals surface area (Å²) in [6.45, 7) is 7.74. The fourth-order valence-corrected chi connectivity index (χ4v) is 4.61. The van der Waals surface area contributed by atoms with Crippen molar-refractivity contribution in [1.82, 2.24) is 15.1 Å². The Kier molecular flexibility index (Phi) is 6.01. The number of H-pyrrole nitrogens is 1. The summed E-state index contributed by atoms with van der Waals surface area (Å²) < 4.78 is 29.9. The SMILES string of the molecule is CC(C)N1C(=O)C(C)(C)C2CC(C(=O)Nc3ccc(OC(F)(F)Cl)cc3)=CC(c3ccn[nH]3)=C21. The summed E-state index contributed by atoms with van der Waals surface area (Å²) in [4.78, 5) is 28.3. The first kappa shape index (κ1) is 23.9. The molecule has 2 aromatic rings. The maximum absolute atomic E-state index is 13.3. The van der Waals surface area contributed by atoms with Crippen molar-refractivity contribution in [2.24, 2.45) is 11.3 Å². The molecule has 1 aliphatic carbocycles. The summed E-state index contributed by atoms with van der Waals surface area (Å²) in [5, 5.41) is 9.78. The van der Waals surface area contributed by atoms with Crippen molar-refractivity contribution in [2.75, 3.05) is 5.32 Å². The number of rotatable bonds is 6. The number of nitrogens with one attached hydrogen (secondary N) is 2. The van der Waals surface area contributed by atoms with E-state index in [0.29, 0.717) is 23.4 Å². The summed E-state index contributed by atoms with van der Waals surface area (Å²) in [5.74, 6) is -0.669. The van der Waals surface area contributed by atoms with Gasteiger partial charge in [-0.05, 0) is 56.7 Å². The lowest BCUT2D eigenvalue weighted by Crippen LogP contribution is -2.35. The maximum Gasteiger partial charge on any atom is 0.487 e. The molecule has 0 spiro atoms. The zero-order valence-electron chi connectivity index (χ0n) is 19.2. The molecule has 180 valence electrons. The number of anilines is 1. The molecule has 1 unspecified atom stereocenters. The van der Waals surface area contributed by atoms with E-state index in [1.165, 1.54) is 24.3 Å². The average molecular weight is 491 g/mol. The highest BCUT2D eigenvalue weighted by Crippen LogP contribution is 2.52. The predicted octanol–water partition coefficient (Wildman–Crippen LogP) is 5.15. The molecule has 1 saturated heterocycles. The molecule has 2 heterocycles. The topological polar surface area (TPSA) is 87.3 Å². The minimum Gasteiger partial charge on any atom is -0.420 e. The first-order valence-corrected chi connectivity index (χ1v) is 11.2. The minimum absolute atomic E-state index is 0.0151. The normalized spacial score (nSPS) is 19.9. The first-order chi connectivity index (χ1) is 15.9. The molecule has 1 aromatic heterocycles. The van der Waals surface area contributed by atoms with Gasteiger partial charge in [-0.1, -0.05) is 13.8 Å². The van der Waals surface area contributed by atoms with Gasteiger partial charge in [0.2, 0.25) is 5.91 Å². The van der Waals surface area contributed by atoms with Gasteiger partial charge >= 0.3 is 5.57 Å². The van der Waals surface area contributed by atoms with Crippen molar-refractivity contribution in [3.8, 4) is 5.75 Å². The van der Waals surface area contributed by atoms with E-state index in [9.17, 15) is 18.4 Å². The number of hydrogen-bond acceptors (Lipinski definition) is 4. The zero-order valence-corrected chi connectivity index (χ0v) is 19.9. The molecule has 10 heteroatoms. The zero-order chi connectivity index (χ0) is 24.8. The number of nitrogens with zero attached hydrogens (tertiary/aromatic N) is 2. The summed E-state index contributed by atoms with van der Waals surface area (Å²) in [5.41, 5.74) is -1.27. The molecule has 0 bridgehead atoms. The lowest BCUT2D eigenvalue weighted by atomic mass is 9.73. The molecule has 2 amide bonds. The van der Waals surface area contributed by atoms with Crippen molar-refractivity contribution in [2.45, 2.75) is 45.7 Å². The van der Waals surface area contributed by atoms with E-state index in [2.05, 4.69) is 20.3 Å². The highest BCUT2D eigenvalue weighted by molar-refractivity contribution is 6.20. The summed E-state index contributed by atoms with van der Waals surface area (Å²) in [6, 6.07) is 7.22. The highest BCUT2D eigenvalue weighted by Gasteiger charge is 2.53. The van der Waals surface area contributed by atoms with Crippen molar-refractivity contribution in [1.29, 1.82) is 0 Å². The van der Waals surface area contributed by atoms with Gasteiger partial charge in [0.1, 0.15) is 5.75 Å². The molecule has 4 rings (SSSR count). The molecular formula is C24H25ClF2N4O3. The van der Waals surface area contributed by atoms with Crippen molar-refractivity contribution in [3.05, 3.63) is 59.6 Å². The Morgan fingerprint density at radius 1 is 1.29 bits per heavy atom. The van der Waals surface area contributed by atoms with Crippen molar-refractivity contribution < 1.29 is 23.1 Å². The van der Waals surface area contributed by atoms with E-state index in [-0.39, 0.29) is 29.5 Å². The molecule has 2 N–H and O–H groups in total. The monoisotopic (exact) mass is 490 g/mol. The third-order valence-corrected chi connectivity index (χ3v) is 6.27. The minimum atomic E-state index is -3.82. The van der Waals surface area contributed by atoms with Crippen LogP contribution >= 0.6 is 11.6 Å². The van der Waals surface area contributed by atoms with Crippen molar-refractivity contribution in [3.63, 3.8) is 0 Å². The van der Waals surface area contributed by atoms with Gasteiger partial charge in [-0.2, -0.15) is 5.10 Å². The van der Waals surface area contributed by atoms with Gasteiger partial charge < -0.3 is 15.0 Å². The number of amides is 2. The fraction of sp³-hybridized carbons (Fsp3) is 0.375. The van der Waals surface area contributed by atoms with Crippen LogP contribution in [0.15, 0.2) is 53.9 Å². The summed E-state index contributed by atoms with van der Waals surface area (Å²) >= 11 is 4.79. The van der Waals surface area contributed by atoms with Crippen LogP contribution in [0.4, 0.5) is 14.5 Å². The third kappa shape index (κ3) is 4.44. The van der Waals surface area contributed by atoms with E-state index in [4.69, 9.17) is 11.6 Å². The van der Waals surface area contributed by atoms with Gasteiger partial charge in [-0.15, -0.1) is 8.78 Å². The number of carbonyl (C=O) groups is 2. The van der Waals surface area contributed by atoms with Crippen LogP contribution in [-0.2, 0) is 9.59 Å². The number of benzene rings is 1. The molecule has 34 heavy (non-hydrogen) atoms. The Morgan fingerprint density at radius 3 is 2.53 bits per heavy atom. The standard InChI is InChI=1S/C24H25ClF2N4O3/c1-13(2)31-20-17(19-9-10-28-30-19)11-14(12-18(20)23(3,4)22(31)33)21(32)29-15-5-7-16(8-6-15)34-24(25,26)27/h5-11,13,18H,12H2,1-4H3,(H,28,30)(H,29,32). The number of allylic oxidation sites excluding steroid dienone is 3. The average Bonchev–Trinajstić information content (AvgIpc) is 3.34. The van der Waals surface area contributed by atoms with Gasteiger partial charge in [0.25, 0.3) is 5.91 Å². The largest absolute Gasteiger partial charge is 0.487 e. The Bertz CT molecular complexity index is 1170. The third-order valence-electron chi connectivity index (χ3n) is 6.19. The van der Waals surface area contributed by atoms with Crippen LogP contribution in [0, 0.1) is 11.3 Å². The Morgan fingerprint density at radius 2 is 1.97 bits per heavy atom. The van der Waals surface area contributed by atoms with Crippen LogP contribution in [0.2, 0.25) is 0 Å². The molecular weight excluding hydrogens is 466 g/mol. The maximum atomic E-state index is 13.3. The number of halogens is 3. The van der Waals surface area contributed by atoms with Crippen LogP contribution in [0.1, 0.15) is 39.8 Å². The lowest BCUT2D eigenvalue weighted by Gasteiger charge is -2.30. The van der Waals surface area contributed by atoms with Gasteiger partial charge in [-0.3, -0.25) is 14.7 Å². The second kappa shape index (κ2) is 8.54. The molecule has 2 aliphatic rings. The number of alkyl halides is 3.